The van der Waals surface area contributed by atoms with Gasteiger partial charge in [0.2, 0.25) is 5.78 Å². The number of aromatic nitrogens is 1. The number of benzene rings is 6. The number of rotatable bonds is 11. The molecule has 0 aliphatic rings. The Morgan fingerprint density at radius 3 is 0.975 bits per heavy atom. The first-order valence-electron chi connectivity index (χ1n) is 23.4. The molecular weight excluding hydrogens is 1150 g/mol. The summed E-state index contributed by atoms with van der Waals surface area (Å²) < 4.78 is 343. The highest BCUT2D eigenvalue weighted by molar-refractivity contribution is 7.20. The Morgan fingerprint density at radius 2 is 0.679 bits per heavy atom. The molecule has 0 spiro atoms. The third-order valence-electron chi connectivity index (χ3n) is 12.8. The van der Waals surface area contributed by atoms with Crippen LogP contribution in [0.3, 0.4) is 0 Å². The van der Waals surface area contributed by atoms with Gasteiger partial charge in [0.15, 0.2) is 12.7 Å². The molecule has 6 aromatic carbocycles. The third kappa shape index (κ3) is 14.6. The molecule has 0 amide bonds. The Balaban J connectivity index is 0.000000363. The second-order valence-electron chi connectivity index (χ2n) is 18.5. The number of carbonyl (C=O) groups is 1. The number of halogens is 24. The van der Waals surface area contributed by atoms with Crippen molar-refractivity contribution in [1.82, 2.24) is 0 Å². The number of nitrogens with zero attached hydrogens (tertiary/aromatic N) is 1. The first-order valence-corrected chi connectivity index (χ1v) is 23.4. The molecule has 0 unspecified atom stereocenters. The summed E-state index contributed by atoms with van der Waals surface area (Å²) in [6.45, 7) is 2.89. The number of unbranched alkanes of at least 4 members (excludes halogenated alkanes) is 2. The summed E-state index contributed by atoms with van der Waals surface area (Å²) in [7, 11) is 0. The molecule has 0 bridgehead atoms. The molecule has 0 aliphatic heterocycles. The molecule has 0 saturated heterocycles. The lowest BCUT2D eigenvalue weighted by Gasteiger charge is -2.46. The minimum atomic E-state index is -6.13. The number of fused-ring (bicyclic) bond motifs is 1. The van der Waals surface area contributed by atoms with Crippen molar-refractivity contribution in [2.75, 3.05) is 0 Å². The van der Waals surface area contributed by atoms with Crippen molar-refractivity contribution in [2.24, 2.45) is 0 Å². The first kappa shape index (κ1) is 63.0. The number of Topliss-reactive ketones (excluding diaryl/α,β-unsaturated/α-hetero) is 1. The van der Waals surface area contributed by atoms with E-state index in [1.165, 1.54) is 5.56 Å². The predicted molar refractivity (Wildman–Crippen MR) is 248 cm³/mol. The van der Waals surface area contributed by atoms with Crippen LogP contribution >= 0.6 is 0 Å². The second-order valence-corrected chi connectivity index (χ2v) is 18.5. The molecule has 0 saturated carbocycles. The highest BCUT2D eigenvalue weighted by Gasteiger charge is 2.47. The van der Waals surface area contributed by atoms with E-state index in [9.17, 15) is 110 Å². The number of pyridine rings is 1. The maximum atomic E-state index is 14.2. The molecule has 2 nitrogen and oxygen atoms in total. The van der Waals surface area contributed by atoms with Crippen LogP contribution in [0.4, 0.5) is 105 Å². The molecule has 1 heterocycles. The van der Waals surface area contributed by atoms with Crippen LogP contribution in [0.5, 0.6) is 0 Å². The summed E-state index contributed by atoms with van der Waals surface area (Å²) in [6.07, 6.45) is -48.9. The van der Waals surface area contributed by atoms with E-state index in [1.54, 1.807) is 0 Å². The molecule has 1 aromatic heterocycles. The summed E-state index contributed by atoms with van der Waals surface area (Å²) in [5, 5.41) is 2.18. The average molecular weight is 1180 g/mol. The van der Waals surface area contributed by atoms with E-state index in [2.05, 4.69) is 41.8 Å². The quantitative estimate of drug-likeness (QED) is 0.0416. The zero-order chi connectivity index (χ0) is 60.7. The van der Waals surface area contributed by atoms with Gasteiger partial charge in [0, 0.05) is 18.1 Å². The standard InChI is InChI=1S/C32H12BF24.C22H24NO/c34-25(35,36)13-1-14(26(37,38)39)6-21(5-13)33(22-7-15(27(40,41)42)2-16(8-22)28(43,44)45,23-9-17(29(46,47)48)3-18(10-23)30(49,50)51)24-11-19(31(52,53)54)4-20(12-24)32(55,56)57;1-2-3-5-14-21(24)22-20-13-9-8-12-19(20)15-16-23(22)17-18-10-6-4-7-11-18/h1-12H;4,6-13,15-16H,2-3,5,14,17H2,1H3/q-1;+1. The fourth-order valence-corrected chi connectivity index (χ4v) is 9.20. The average Bonchev–Trinajstić information content (AvgIpc) is 3.00. The van der Waals surface area contributed by atoms with Gasteiger partial charge >= 0.3 is 49.4 Å². The van der Waals surface area contributed by atoms with Crippen LogP contribution in [-0.2, 0) is 56.0 Å². The van der Waals surface area contributed by atoms with Gasteiger partial charge in [0.25, 0.3) is 5.69 Å². The van der Waals surface area contributed by atoms with Crippen LogP contribution in [0.15, 0.2) is 140 Å². The Kier molecular flexibility index (Phi) is 17.6. The number of ketones is 1. The van der Waals surface area contributed by atoms with Crippen LogP contribution in [0.2, 0.25) is 0 Å². The Morgan fingerprint density at radius 1 is 0.383 bits per heavy atom. The minimum absolute atomic E-state index is 0.246. The van der Waals surface area contributed by atoms with Crippen molar-refractivity contribution in [3.05, 3.63) is 195 Å². The van der Waals surface area contributed by atoms with Crippen LogP contribution < -0.4 is 26.4 Å². The lowest BCUT2D eigenvalue weighted by atomic mass is 9.12. The van der Waals surface area contributed by atoms with Gasteiger partial charge in [0.05, 0.1) is 49.9 Å². The number of hydrogen-bond donors (Lipinski definition) is 0. The van der Waals surface area contributed by atoms with E-state index in [-0.39, 0.29) is 5.78 Å². The Bertz CT molecular complexity index is 2940. The summed E-state index contributed by atoms with van der Waals surface area (Å²) in [5.41, 5.74) is -28.2. The van der Waals surface area contributed by atoms with Crippen LogP contribution in [0, 0.1) is 0 Å². The van der Waals surface area contributed by atoms with Gasteiger partial charge in [-0.05, 0) is 42.1 Å². The monoisotopic (exact) mass is 1180 g/mol. The highest BCUT2D eigenvalue weighted by atomic mass is 19.4. The van der Waals surface area contributed by atoms with E-state index >= 15 is 0 Å². The molecule has 81 heavy (non-hydrogen) atoms. The smallest absolute Gasteiger partial charge is 0.287 e. The normalized spacial score (nSPS) is 13.3. The highest BCUT2D eigenvalue weighted by Crippen LogP contribution is 2.41. The number of alkyl halides is 24. The summed E-state index contributed by atoms with van der Waals surface area (Å²) in [4.78, 5) is 12.9. The minimum Gasteiger partial charge on any atom is -0.287 e. The molecule has 0 N–H and O–H groups in total. The maximum absolute atomic E-state index is 14.2. The van der Waals surface area contributed by atoms with Crippen LogP contribution in [0.25, 0.3) is 10.8 Å². The molecule has 7 aromatic rings. The largest absolute Gasteiger partial charge is 0.416 e. The van der Waals surface area contributed by atoms with Crippen molar-refractivity contribution in [3.8, 4) is 0 Å². The zero-order valence-corrected chi connectivity index (χ0v) is 40.8. The van der Waals surface area contributed by atoms with Gasteiger partial charge in [0.1, 0.15) is 6.15 Å². The molecule has 7 rings (SSSR count). The van der Waals surface area contributed by atoms with E-state index < -0.39 is 195 Å². The van der Waals surface area contributed by atoms with Crippen molar-refractivity contribution in [1.29, 1.82) is 0 Å². The van der Waals surface area contributed by atoms with Gasteiger partial charge in [-0.25, -0.2) is 0 Å². The van der Waals surface area contributed by atoms with E-state index in [0.29, 0.717) is 6.42 Å². The summed E-state index contributed by atoms with van der Waals surface area (Å²) >= 11 is 0. The van der Waals surface area contributed by atoms with Crippen molar-refractivity contribution >= 4 is 44.6 Å². The van der Waals surface area contributed by atoms with Gasteiger partial charge in [-0.3, -0.25) is 4.79 Å². The van der Waals surface area contributed by atoms with Crippen molar-refractivity contribution in [3.63, 3.8) is 0 Å². The maximum Gasteiger partial charge on any atom is 0.416 e. The lowest BCUT2D eigenvalue weighted by molar-refractivity contribution is -0.688. The van der Waals surface area contributed by atoms with Gasteiger partial charge in [-0.15, -0.1) is 0 Å². The molecule has 0 aliphatic carbocycles. The zero-order valence-electron chi connectivity index (χ0n) is 40.8. The van der Waals surface area contributed by atoms with E-state index in [4.69, 9.17) is 0 Å². The van der Waals surface area contributed by atoms with Crippen LogP contribution in [-0.4, -0.2) is 11.9 Å². The first-order chi connectivity index (χ1) is 37.1. The third-order valence-corrected chi connectivity index (χ3v) is 12.8. The number of hydrogen-bond acceptors (Lipinski definition) is 1. The van der Waals surface area contributed by atoms with Crippen LogP contribution in [0.1, 0.15) is 93.2 Å². The molecule has 434 valence electrons. The van der Waals surface area contributed by atoms with Crippen molar-refractivity contribution in [2.45, 2.75) is 88.6 Å². The fourth-order valence-electron chi connectivity index (χ4n) is 9.20. The molecular formula is C54H36BF24NO. The topological polar surface area (TPSA) is 20.9 Å². The summed E-state index contributed by atoms with van der Waals surface area (Å²) in [6, 6.07) is 11.8. The Labute approximate surface area is 442 Å². The van der Waals surface area contributed by atoms with Gasteiger partial charge < -0.3 is 0 Å². The predicted octanol–water partition coefficient (Wildman–Crippen LogP) is 16.2. The lowest BCUT2D eigenvalue weighted by Crippen LogP contribution is -2.75. The second kappa shape index (κ2) is 22.6. The molecule has 0 atom stereocenters. The fraction of sp³-hybridized carbons (Fsp3) is 0.259. The van der Waals surface area contributed by atoms with Gasteiger partial charge in [-0.1, -0.05) is 117 Å². The molecule has 27 heteroatoms. The number of carbonyl (C=O) groups excluding carboxylic acids is 1. The molecule has 0 radical (unpaired) electrons. The Hall–Kier alpha value is -7.22. The van der Waals surface area contributed by atoms with Gasteiger partial charge in [-0.2, -0.15) is 132 Å². The summed E-state index contributed by atoms with van der Waals surface area (Å²) in [5.74, 6) is 0.246. The van der Waals surface area contributed by atoms with Crippen molar-refractivity contribution < 1.29 is 115 Å². The molecule has 0 fully saturated rings. The SMILES string of the molecule is CCCCCC(=O)c1c2ccccc2cc[n+]1Cc1ccccc1.FC(F)(F)c1cc([B-](c2cc(C(F)(F)F)cc(C(F)(F)F)c2)(c2cc(C(F)(F)F)cc(C(F)(F)F)c2)c2cc(C(F)(F)F)cc(C(F)(F)F)c2)cc(C(F)(F)F)c1. The van der Waals surface area contributed by atoms with E-state index in [1.807, 2.05) is 36.5 Å². The van der Waals surface area contributed by atoms with E-state index in [0.717, 1.165) is 42.3 Å².